The zero-order valence-corrected chi connectivity index (χ0v) is 18.8. The molecule has 0 aliphatic rings. The molecule has 0 radical (unpaired) electrons. The summed E-state index contributed by atoms with van der Waals surface area (Å²) in [5.41, 5.74) is -0.685. The molecule has 1 aromatic carbocycles. The molecule has 28 heavy (non-hydrogen) atoms. The van der Waals surface area contributed by atoms with Crippen LogP contribution in [0.2, 0.25) is 5.02 Å². The van der Waals surface area contributed by atoms with Crippen LogP contribution in [-0.4, -0.2) is 38.0 Å². The first-order chi connectivity index (χ1) is 13.0. The van der Waals surface area contributed by atoms with Crippen molar-refractivity contribution in [3.63, 3.8) is 0 Å². The molecular formula is C19H25BrClN3O4. The monoisotopic (exact) mass is 473 g/mol. The summed E-state index contributed by atoms with van der Waals surface area (Å²) >= 11 is 9.05. The molecule has 0 bridgehead atoms. The average Bonchev–Trinajstić information content (AvgIpc) is 2.60. The molecule has 0 saturated heterocycles. The number of nitrogens with zero attached hydrogens (tertiary/aromatic N) is 1. The normalized spacial score (nSPS) is 14.7. The summed E-state index contributed by atoms with van der Waals surface area (Å²) in [5.74, 6) is 0.215. The van der Waals surface area contributed by atoms with Crippen LogP contribution in [0.1, 0.15) is 33.3 Å². The number of benzene rings is 1. The zero-order valence-electron chi connectivity index (χ0n) is 16.5. The Labute approximate surface area is 178 Å². The van der Waals surface area contributed by atoms with Gasteiger partial charge in [-0.25, -0.2) is 4.79 Å². The maximum atomic E-state index is 12.3. The minimum Gasteiger partial charge on any atom is -0.481 e. The Balaban J connectivity index is 3.01. The van der Waals surface area contributed by atoms with E-state index in [1.54, 1.807) is 32.9 Å². The number of hydrogen-bond acceptors (Lipinski definition) is 5. The molecule has 0 aliphatic heterocycles. The number of methoxy groups -OCH3 is 1. The average molecular weight is 475 g/mol. The third-order valence-electron chi connectivity index (χ3n) is 3.48. The largest absolute Gasteiger partial charge is 0.481 e. The maximum Gasteiger partial charge on any atom is 0.408 e. The van der Waals surface area contributed by atoms with E-state index in [9.17, 15) is 9.59 Å². The molecule has 0 aliphatic carbocycles. The topological polar surface area (TPSA) is 89.0 Å². The predicted octanol–water partition coefficient (Wildman–Crippen LogP) is 4.11. The van der Waals surface area contributed by atoms with E-state index in [1.807, 2.05) is 19.1 Å². The molecule has 1 amide bonds. The van der Waals surface area contributed by atoms with E-state index >= 15 is 0 Å². The van der Waals surface area contributed by atoms with Crippen LogP contribution in [0.25, 0.3) is 0 Å². The number of carbonyl (C=O) groups is 2. The molecule has 9 heteroatoms. The fourth-order valence-electron chi connectivity index (χ4n) is 2.16. The summed E-state index contributed by atoms with van der Waals surface area (Å²) in [6.45, 7) is 7.38. The fraction of sp³-hybridized carbons (Fsp3) is 0.421. The molecule has 0 saturated carbocycles. The van der Waals surface area contributed by atoms with E-state index < -0.39 is 17.2 Å². The third-order valence-corrected chi connectivity index (χ3v) is 4.28. The number of alkyl carbamates (subject to hydrolysis) is 1. The van der Waals surface area contributed by atoms with Gasteiger partial charge >= 0.3 is 6.09 Å². The first kappa shape index (κ1) is 24.0. The second-order valence-corrected chi connectivity index (χ2v) is 8.37. The van der Waals surface area contributed by atoms with E-state index in [2.05, 4.69) is 31.6 Å². The Morgan fingerprint density at radius 3 is 2.36 bits per heavy atom. The molecule has 0 spiro atoms. The Morgan fingerprint density at radius 1 is 1.25 bits per heavy atom. The van der Waals surface area contributed by atoms with Gasteiger partial charge in [0, 0.05) is 5.02 Å². The molecule has 0 fully saturated rings. The van der Waals surface area contributed by atoms with Crippen LogP contribution >= 0.6 is 27.5 Å². The van der Waals surface area contributed by atoms with E-state index in [0.29, 0.717) is 11.3 Å². The number of hydrogen-bond donors (Lipinski definition) is 2. The first-order valence-electron chi connectivity index (χ1n) is 8.42. The number of carbonyl (C=O) groups excluding carboxylic acids is 2. The standard InChI is InChI=1S/C19H25BrClN3O4/c1-18(2,3)28-17(26)24-19(4,13-6-8-14(21)9-7-13)11-22-12-23-16(27-5)15(20)10-25/h6-10,12H,11H2,1-5H3,(H,22,23)(H,24,26)/b16-15-. The van der Waals surface area contributed by atoms with Gasteiger partial charge < -0.3 is 20.1 Å². The van der Waals surface area contributed by atoms with Crippen LogP contribution in [0.4, 0.5) is 4.79 Å². The summed E-state index contributed by atoms with van der Waals surface area (Å²) in [6, 6.07) is 7.10. The summed E-state index contributed by atoms with van der Waals surface area (Å²) in [6.07, 6.45) is 1.42. The van der Waals surface area contributed by atoms with Crippen LogP contribution in [0.3, 0.4) is 0 Å². The van der Waals surface area contributed by atoms with Gasteiger partial charge in [-0.3, -0.25) is 9.79 Å². The molecule has 1 rings (SSSR count). The van der Waals surface area contributed by atoms with Crippen molar-refractivity contribution < 1.29 is 19.1 Å². The van der Waals surface area contributed by atoms with Gasteiger partial charge in [0.2, 0.25) is 5.88 Å². The minimum atomic E-state index is -0.857. The van der Waals surface area contributed by atoms with Gasteiger partial charge in [-0.05, 0) is 61.3 Å². The van der Waals surface area contributed by atoms with Crippen molar-refractivity contribution in [2.45, 2.75) is 38.8 Å². The summed E-state index contributed by atoms with van der Waals surface area (Å²) in [5, 5.41) is 6.22. The van der Waals surface area contributed by atoms with Crippen LogP contribution in [0.5, 0.6) is 0 Å². The number of rotatable bonds is 8. The van der Waals surface area contributed by atoms with Gasteiger partial charge in [0.05, 0.1) is 25.5 Å². The first-order valence-corrected chi connectivity index (χ1v) is 9.59. The summed E-state index contributed by atoms with van der Waals surface area (Å²) in [7, 11) is 1.42. The highest BCUT2D eigenvalue weighted by molar-refractivity contribution is 9.12. The second kappa shape index (κ2) is 10.5. The molecule has 1 aromatic rings. The quantitative estimate of drug-likeness (QED) is 0.195. The lowest BCUT2D eigenvalue weighted by Gasteiger charge is -2.31. The Morgan fingerprint density at radius 2 is 1.86 bits per heavy atom. The Hall–Kier alpha value is -2.06. The molecule has 7 nitrogen and oxygen atoms in total. The number of amides is 1. The summed E-state index contributed by atoms with van der Waals surface area (Å²) in [4.78, 5) is 27.4. The van der Waals surface area contributed by atoms with Gasteiger partial charge in [0.1, 0.15) is 10.1 Å². The van der Waals surface area contributed by atoms with Crippen molar-refractivity contribution in [2.24, 2.45) is 4.99 Å². The number of nitrogens with one attached hydrogen (secondary N) is 2. The van der Waals surface area contributed by atoms with Crippen LogP contribution < -0.4 is 10.6 Å². The van der Waals surface area contributed by atoms with Crippen molar-refractivity contribution in [2.75, 3.05) is 13.7 Å². The van der Waals surface area contributed by atoms with Gasteiger partial charge in [0.25, 0.3) is 0 Å². The Kier molecular flexibility index (Phi) is 8.97. The number of aliphatic imine (C=N–C) groups is 1. The van der Waals surface area contributed by atoms with E-state index in [-0.39, 0.29) is 16.9 Å². The van der Waals surface area contributed by atoms with Crippen molar-refractivity contribution in [3.8, 4) is 0 Å². The Bertz CT molecular complexity index is 745. The molecule has 1 atom stereocenters. The van der Waals surface area contributed by atoms with E-state index in [1.165, 1.54) is 13.4 Å². The predicted molar refractivity (Wildman–Crippen MR) is 114 cm³/mol. The number of aldehydes is 1. The molecular weight excluding hydrogens is 450 g/mol. The number of ether oxygens (including phenoxy) is 2. The minimum absolute atomic E-state index is 0.191. The van der Waals surface area contributed by atoms with Crippen LogP contribution in [0, 0.1) is 0 Å². The highest BCUT2D eigenvalue weighted by Crippen LogP contribution is 2.24. The summed E-state index contributed by atoms with van der Waals surface area (Å²) < 4.78 is 10.6. The zero-order chi connectivity index (χ0) is 21.4. The third kappa shape index (κ3) is 7.90. The van der Waals surface area contributed by atoms with E-state index in [4.69, 9.17) is 21.1 Å². The highest BCUT2D eigenvalue weighted by Gasteiger charge is 2.30. The molecule has 2 N–H and O–H groups in total. The molecule has 0 aromatic heterocycles. The van der Waals surface area contributed by atoms with Crippen molar-refractivity contribution in [3.05, 3.63) is 45.2 Å². The van der Waals surface area contributed by atoms with Gasteiger partial charge in [-0.1, -0.05) is 23.7 Å². The van der Waals surface area contributed by atoms with Gasteiger partial charge in [0.15, 0.2) is 6.29 Å². The van der Waals surface area contributed by atoms with E-state index in [0.717, 1.165) is 5.56 Å². The molecule has 0 heterocycles. The van der Waals surface area contributed by atoms with Crippen molar-refractivity contribution in [1.29, 1.82) is 0 Å². The second-order valence-electron chi connectivity index (χ2n) is 7.08. The lowest BCUT2D eigenvalue weighted by Crippen LogP contribution is -2.48. The van der Waals surface area contributed by atoms with Crippen LogP contribution in [0.15, 0.2) is 39.6 Å². The lowest BCUT2D eigenvalue weighted by molar-refractivity contribution is -0.104. The lowest BCUT2D eigenvalue weighted by atomic mass is 9.92. The fourth-order valence-corrected chi connectivity index (χ4v) is 2.56. The highest BCUT2D eigenvalue weighted by atomic mass is 79.9. The van der Waals surface area contributed by atoms with Gasteiger partial charge in [-0.2, -0.15) is 0 Å². The number of halogens is 2. The smallest absolute Gasteiger partial charge is 0.408 e. The maximum absolute atomic E-state index is 12.3. The SMILES string of the molecule is CO/C(NC=NCC(C)(NC(=O)OC(C)(C)C)c1ccc(Cl)cc1)=C(\Br)C=O. The molecule has 1 unspecified atom stereocenters. The van der Waals surface area contributed by atoms with Crippen molar-refractivity contribution >= 4 is 46.2 Å². The molecule has 154 valence electrons. The van der Waals surface area contributed by atoms with Crippen LogP contribution in [-0.2, 0) is 19.8 Å². The number of allylic oxidation sites excluding steroid dienone is 1. The van der Waals surface area contributed by atoms with Gasteiger partial charge in [-0.15, -0.1) is 0 Å². The van der Waals surface area contributed by atoms with Crippen molar-refractivity contribution in [1.82, 2.24) is 10.6 Å².